The highest BCUT2D eigenvalue weighted by Gasteiger charge is 2.30. The van der Waals surface area contributed by atoms with Crippen LogP contribution in [0.2, 0.25) is 0 Å². The molecule has 2 atom stereocenters. The van der Waals surface area contributed by atoms with E-state index in [-0.39, 0.29) is 11.9 Å². The summed E-state index contributed by atoms with van der Waals surface area (Å²) in [5, 5.41) is 0.480. The molecule has 3 nitrogen and oxygen atoms in total. The van der Waals surface area contributed by atoms with Gasteiger partial charge in [-0.2, -0.15) is 11.8 Å². The summed E-state index contributed by atoms with van der Waals surface area (Å²) in [5.74, 6) is 1.08. The highest BCUT2D eigenvalue weighted by atomic mass is 32.2. The molecule has 0 saturated carbocycles. The van der Waals surface area contributed by atoms with Crippen molar-refractivity contribution < 1.29 is 4.79 Å². The van der Waals surface area contributed by atoms with Crippen molar-refractivity contribution in [3.05, 3.63) is 29.3 Å². The van der Waals surface area contributed by atoms with Gasteiger partial charge >= 0.3 is 0 Å². The van der Waals surface area contributed by atoms with Gasteiger partial charge in [-0.1, -0.05) is 19.1 Å². The number of amides is 1. The number of thioether (sulfide) groups is 1. The van der Waals surface area contributed by atoms with Gasteiger partial charge in [0.15, 0.2) is 0 Å². The maximum atomic E-state index is 12.6. The van der Waals surface area contributed by atoms with Crippen molar-refractivity contribution in [3.8, 4) is 0 Å². The summed E-state index contributed by atoms with van der Waals surface area (Å²) in [5.41, 5.74) is 8.16. The molecule has 1 aliphatic heterocycles. The van der Waals surface area contributed by atoms with Crippen LogP contribution in [0.3, 0.4) is 0 Å². The Kier molecular flexibility index (Phi) is 3.85. The summed E-state index contributed by atoms with van der Waals surface area (Å²) in [6, 6.07) is 5.89. The number of hydrogen-bond acceptors (Lipinski definition) is 3. The van der Waals surface area contributed by atoms with Crippen molar-refractivity contribution in [1.82, 2.24) is 4.90 Å². The first kappa shape index (κ1) is 13.3. The third kappa shape index (κ3) is 2.34. The second-order valence-electron chi connectivity index (χ2n) is 4.85. The number of carbonyl (C=O) groups excluding carboxylic acids is 1. The van der Waals surface area contributed by atoms with Crippen LogP contribution in [-0.4, -0.2) is 34.4 Å². The minimum absolute atomic E-state index is 0.0743. The number of nitrogens with two attached hydrogens (primary N) is 1. The number of hydrogen-bond donors (Lipinski definition) is 1. The molecule has 0 bridgehead atoms. The first-order valence-corrected chi connectivity index (χ1v) is 7.35. The standard InChI is InChI=1S/C14H20N2OS/c1-9-5-4-6-12(15)13(9)14(17)16-7-8-18-11(3)10(16)2/h4-6,10-11H,7-8,15H2,1-3H3. The first-order valence-electron chi connectivity index (χ1n) is 6.30. The van der Waals surface area contributed by atoms with E-state index in [0.717, 1.165) is 17.9 Å². The molecule has 2 rings (SSSR count). The molecule has 0 spiro atoms. The minimum Gasteiger partial charge on any atom is -0.398 e. The molecule has 0 aromatic heterocycles. The summed E-state index contributed by atoms with van der Waals surface area (Å²) in [6.45, 7) is 7.04. The zero-order valence-electron chi connectivity index (χ0n) is 11.1. The average molecular weight is 264 g/mol. The number of nitrogens with zero attached hydrogens (tertiary/aromatic N) is 1. The second-order valence-corrected chi connectivity index (χ2v) is 6.34. The quantitative estimate of drug-likeness (QED) is 0.793. The van der Waals surface area contributed by atoms with Crippen LogP contribution in [0.4, 0.5) is 5.69 Å². The lowest BCUT2D eigenvalue weighted by atomic mass is 10.0. The second kappa shape index (κ2) is 5.22. The topological polar surface area (TPSA) is 46.3 Å². The van der Waals surface area contributed by atoms with E-state index < -0.39 is 0 Å². The summed E-state index contributed by atoms with van der Waals surface area (Å²) >= 11 is 1.93. The van der Waals surface area contributed by atoms with Crippen molar-refractivity contribution in [2.24, 2.45) is 0 Å². The summed E-state index contributed by atoms with van der Waals surface area (Å²) < 4.78 is 0. The Hall–Kier alpha value is -1.16. The molecule has 1 aromatic carbocycles. The molecule has 18 heavy (non-hydrogen) atoms. The fourth-order valence-electron chi connectivity index (χ4n) is 2.35. The maximum Gasteiger partial charge on any atom is 0.256 e. The normalized spacial score (nSPS) is 24.1. The van der Waals surface area contributed by atoms with Crippen LogP contribution in [0.15, 0.2) is 18.2 Å². The van der Waals surface area contributed by atoms with Crippen molar-refractivity contribution in [2.45, 2.75) is 32.1 Å². The van der Waals surface area contributed by atoms with E-state index in [1.807, 2.05) is 35.7 Å². The summed E-state index contributed by atoms with van der Waals surface area (Å²) in [7, 11) is 0. The molecular formula is C14H20N2OS. The lowest BCUT2D eigenvalue weighted by Crippen LogP contribution is -2.48. The molecule has 1 fully saturated rings. The Bertz CT molecular complexity index is 441. The fourth-order valence-corrected chi connectivity index (χ4v) is 3.45. The Morgan fingerprint density at radius 1 is 1.44 bits per heavy atom. The first-order chi connectivity index (χ1) is 8.52. The molecule has 2 N–H and O–H groups in total. The monoisotopic (exact) mass is 264 g/mol. The van der Waals surface area contributed by atoms with E-state index in [4.69, 9.17) is 5.73 Å². The van der Waals surface area contributed by atoms with Gasteiger partial charge < -0.3 is 10.6 Å². The Morgan fingerprint density at radius 3 is 2.83 bits per heavy atom. The number of carbonyl (C=O) groups is 1. The third-order valence-corrected chi connectivity index (χ3v) is 5.00. The van der Waals surface area contributed by atoms with Gasteiger partial charge in [-0.05, 0) is 25.5 Å². The van der Waals surface area contributed by atoms with Crippen LogP contribution in [0.25, 0.3) is 0 Å². The predicted octanol–water partition coefficient (Wildman–Crippen LogP) is 2.54. The zero-order chi connectivity index (χ0) is 13.3. The molecule has 0 aliphatic carbocycles. The third-order valence-electron chi connectivity index (χ3n) is 3.66. The number of benzene rings is 1. The lowest BCUT2D eigenvalue weighted by Gasteiger charge is -2.38. The van der Waals surface area contributed by atoms with Gasteiger partial charge in [-0.15, -0.1) is 0 Å². The maximum absolute atomic E-state index is 12.6. The largest absolute Gasteiger partial charge is 0.398 e. The van der Waals surface area contributed by atoms with E-state index >= 15 is 0 Å². The number of rotatable bonds is 1. The number of nitrogen functional groups attached to an aromatic ring is 1. The van der Waals surface area contributed by atoms with Gasteiger partial charge in [0.2, 0.25) is 0 Å². The molecule has 1 saturated heterocycles. The average Bonchev–Trinajstić information content (AvgIpc) is 2.32. The Labute approximate surface area is 113 Å². The summed E-state index contributed by atoms with van der Waals surface area (Å²) in [6.07, 6.45) is 0. The van der Waals surface area contributed by atoms with Crippen LogP contribution >= 0.6 is 11.8 Å². The van der Waals surface area contributed by atoms with Gasteiger partial charge in [0.05, 0.1) is 5.56 Å². The Morgan fingerprint density at radius 2 is 2.17 bits per heavy atom. The SMILES string of the molecule is Cc1cccc(N)c1C(=O)N1CCSC(C)C1C. The fraction of sp³-hybridized carbons (Fsp3) is 0.500. The van der Waals surface area contributed by atoms with Crippen molar-refractivity contribution >= 4 is 23.4 Å². The van der Waals surface area contributed by atoms with Crippen LogP contribution in [0.5, 0.6) is 0 Å². The van der Waals surface area contributed by atoms with Gasteiger partial charge in [0, 0.05) is 29.3 Å². The van der Waals surface area contributed by atoms with Crippen molar-refractivity contribution in [1.29, 1.82) is 0 Å². The molecule has 1 aliphatic rings. The van der Waals surface area contributed by atoms with Crippen molar-refractivity contribution in [3.63, 3.8) is 0 Å². The van der Waals surface area contributed by atoms with Crippen LogP contribution in [0, 0.1) is 6.92 Å². The van der Waals surface area contributed by atoms with Crippen LogP contribution in [-0.2, 0) is 0 Å². The highest BCUT2D eigenvalue weighted by molar-refractivity contribution is 8.00. The smallest absolute Gasteiger partial charge is 0.256 e. The predicted molar refractivity (Wildman–Crippen MR) is 78.0 cm³/mol. The molecule has 0 radical (unpaired) electrons. The van der Waals surface area contributed by atoms with Gasteiger partial charge in [0.1, 0.15) is 0 Å². The summed E-state index contributed by atoms with van der Waals surface area (Å²) in [4.78, 5) is 14.6. The van der Waals surface area contributed by atoms with Crippen molar-refractivity contribution in [2.75, 3.05) is 18.0 Å². The number of anilines is 1. The molecule has 2 unspecified atom stereocenters. The van der Waals surface area contributed by atoms with Gasteiger partial charge in [-0.25, -0.2) is 0 Å². The van der Waals surface area contributed by atoms with E-state index in [1.165, 1.54) is 0 Å². The highest BCUT2D eigenvalue weighted by Crippen LogP contribution is 2.27. The minimum atomic E-state index is 0.0743. The van der Waals surface area contributed by atoms with E-state index in [9.17, 15) is 4.79 Å². The molecule has 1 aromatic rings. The van der Waals surface area contributed by atoms with Gasteiger partial charge in [0.25, 0.3) is 5.91 Å². The molecule has 4 heteroatoms. The van der Waals surface area contributed by atoms with Crippen LogP contribution in [0.1, 0.15) is 29.8 Å². The lowest BCUT2D eigenvalue weighted by molar-refractivity contribution is 0.0698. The van der Waals surface area contributed by atoms with E-state index in [1.54, 1.807) is 6.07 Å². The molecule has 1 heterocycles. The zero-order valence-corrected chi connectivity index (χ0v) is 12.0. The number of aryl methyl sites for hydroxylation is 1. The van der Waals surface area contributed by atoms with E-state index in [2.05, 4.69) is 13.8 Å². The van der Waals surface area contributed by atoms with Gasteiger partial charge in [-0.3, -0.25) is 4.79 Å². The Balaban J connectivity index is 2.31. The molecular weight excluding hydrogens is 244 g/mol. The molecule has 98 valence electrons. The molecule has 1 amide bonds. The van der Waals surface area contributed by atoms with Crippen LogP contribution < -0.4 is 5.73 Å². The van der Waals surface area contributed by atoms with E-state index in [0.29, 0.717) is 16.5 Å².